The summed E-state index contributed by atoms with van der Waals surface area (Å²) < 4.78 is 1.07. The van der Waals surface area contributed by atoms with Gasteiger partial charge in [0, 0.05) is 23.6 Å². The number of halogens is 1. The Morgan fingerprint density at radius 2 is 2.26 bits per heavy atom. The van der Waals surface area contributed by atoms with Gasteiger partial charge in [-0.05, 0) is 30.0 Å². The quantitative estimate of drug-likeness (QED) is 0.920. The molecule has 4 heteroatoms. The van der Waals surface area contributed by atoms with Crippen LogP contribution < -0.4 is 0 Å². The van der Waals surface area contributed by atoms with Crippen LogP contribution in [0.2, 0.25) is 0 Å². The van der Waals surface area contributed by atoms with Crippen molar-refractivity contribution in [3.05, 3.63) is 34.3 Å². The van der Waals surface area contributed by atoms with E-state index in [2.05, 4.69) is 39.9 Å². The van der Waals surface area contributed by atoms with E-state index in [1.807, 2.05) is 19.1 Å². The highest BCUT2D eigenvalue weighted by Crippen LogP contribution is 2.33. The number of aliphatic carboxylic acids is 1. The van der Waals surface area contributed by atoms with Crippen LogP contribution in [-0.2, 0) is 4.79 Å². The highest BCUT2D eigenvalue weighted by Gasteiger charge is 2.37. The zero-order chi connectivity index (χ0) is 14.0. The number of carbonyl (C=O) groups is 1. The van der Waals surface area contributed by atoms with Crippen molar-refractivity contribution in [3.8, 4) is 0 Å². The summed E-state index contributed by atoms with van der Waals surface area (Å²) in [5.74, 6) is -0.681. The molecule has 0 aliphatic carbocycles. The number of hydrogen-bond donors (Lipinski definition) is 1. The molecule has 0 radical (unpaired) electrons. The van der Waals surface area contributed by atoms with Crippen molar-refractivity contribution in [3.63, 3.8) is 0 Å². The predicted octanol–water partition coefficient (Wildman–Crippen LogP) is 3.55. The Morgan fingerprint density at radius 1 is 1.53 bits per heavy atom. The second-order valence-electron chi connectivity index (χ2n) is 5.35. The maximum Gasteiger partial charge on any atom is 0.308 e. The fraction of sp³-hybridized carbons (Fsp3) is 0.533. The van der Waals surface area contributed by atoms with Crippen molar-refractivity contribution in [1.82, 2.24) is 4.90 Å². The Kier molecular flexibility index (Phi) is 4.63. The molecule has 0 saturated carbocycles. The van der Waals surface area contributed by atoms with Gasteiger partial charge in [-0.15, -0.1) is 0 Å². The second-order valence-corrected chi connectivity index (χ2v) is 6.27. The van der Waals surface area contributed by atoms with Crippen molar-refractivity contribution in [2.75, 3.05) is 13.1 Å². The van der Waals surface area contributed by atoms with E-state index < -0.39 is 5.97 Å². The van der Waals surface area contributed by atoms with E-state index in [0.29, 0.717) is 12.6 Å². The van der Waals surface area contributed by atoms with Crippen LogP contribution in [0.1, 0.15) is 31.9 Å². The van der Waals surface area contributed by atoms with E-state index in [1.54, 1.807) is 0 Å². The summed E-state index contributed by atoms with van der Waals surface area (Å²) in [5, 5.41) is 9.24. The number of benzene rings is 1. The van der Waals surface area contributed by atoms with E-state index in [-0.39, 0.29) is 11.8 Å². The van der Waals surface area contributed by atoms with Gasteiger partial charge in [0.1, 0.15) is 0 Å². The van der Waals surface area contributed by atoms with E-state index in [1.165, 1.54) is 5.56 Å². The third-order valence-corrected chi connectivity index (χ3v) is 4.51. The molecule has 1 aromatic rings. The first kappa shape index (κ1) is 14.5. The zero-order valence-electron chi connectivity index (χ0n) is 11.3. The molecular formula is C15H20BrNO2. The molecule has 1 fully saturated rings. The standard InChI is InChI=1S/C15H20BrNO2/c1-3-14(11-5-4-6-12(16)7-11)17-8-10(2)13(9-17)15(18)19/h4-7,10,13-14H,3,8-9H2,1-2H3,(H,18,19). The summed E-state index contributed by atoms with van der Waals surface area (Å²) in [6, 6.07) is 8.62. The molecule has 1 heterocycles. The molecule has 0 spiro atoms. The fourth-order valence-corrected chi connectivity index (χ4v) is 3.42. The van der Waals surface area contributed by atoms with E-state index in [4.69, 9.17) is 0 Å². The van der Waals surface area contributed by atoms with Crippen molar-refractivity contribution in [2.45, 2.75) is 26.3 Å². The third kappa shape index (κ3) is 3.18. The summed E-state index contributed by atoms with van der Waals surface area (Å²) >= 11 is 3.50. The second kappa shape index (κ2) is 6.06. The van der Waals surface area contributed by atoms with Crippen LogP contribution >= 0.6 is 15.9 Å². The molecule has 3 nitrogen and oxygen atoms in total. The van der Waals surface area contributed by atoms with Crippen LogP contribution in [-0.4, -0.2) is 29.1 Å². The van der Waals surface area contributed by atoms with E-state index in [9.17, 15) is 9.90 Å². The van der Waals surface area contributed by atoms with Gasteiger partial charge in [-0.25, -0.2) is 0 Å². The van der Waals surface area contributed by atoms with E-state index in [0.717, 1.165) is 17.4 Å². The number of carboxylic acids is 1. The lowest BCUT2D eigenvalue weighted by Crippen LogP contribution is -2.27. The van der Waals surface area contributed by atoms with Crippen molar-refractivity contribution in [1.29, 1.82) is 0 Å². The van der Waals surface area contributed by atoms with Gasteiger partial charge < -0.3 is 5.11 Å². The molecule has 2 rings (SSSR count). The largest absolute Gasteiger partial charge is 0.481 e. The molecule has 1 aliphatic rings. The molecule has 0 aromatic heterocycles. The van der Waals surface area contributed by atoms with Gasteiger partial charge in [0.15, 0.2) is 0 Å². The van der Waals surface area contributed by atoms with Gasteiger partial charge in [0.2, 0.25) is 0 Å². The van der Waals surface area contributed by atoms with Crippen LogP contribution in [0.3, 0.4) is 0 Å². The maximum atomic E-state index is 11.2. The molecule has 19 heavy (non-hydrogen) atoms. The molecular weight excluding hydrogens is 306 g/mol. The summed E-state index contributed by atoms with van der Waals surface area (Å²) in [6.07, 6.45) is 0.996. The number of hydrogen-bond acceptors (Lipinski definition) is 2. The van der Waals surface area contributed by atoms with Gasteiger partial charge >= 0.3 is 5.97 Å². The van der Waals surface area contributed by atoms with Crippen LogP contribution in [0.15, 0.2) is 28.7 Å². The lowest BCUT2D eigenvalue weighted by molar-refractivity contribution is -0.142. The van der Waals surface area contributed by atoms with Crippen LogP contribution in [0.4, 0.5) is 0 Å². The Morgan fingerprint density at radius 3 is 2.79 bits per heavy atom. The van der Waals surface area contributed by atoms with Gasteiger partial charge in [-0.1, -0.05) is 41.9 Å². The maximum absolute atomic E-state index is 11.2. The van der Waals surface area contributed by atoms with Gasteiger partial charge in [-0.3, -0.25) is 9.69 Å². The van der Waals surface area contributed by atoms with Crippen molar-refractivity contribution >= 4 is 21.9 Å². The average molecular weight is 326 g/mol. The predicted molar refractivity (Wildman–Crippen MR) is 79.0 cm³/mol. The Hall–Kier alpha value is -0.870. The molecule has 1 saturated heterocycles. The van der Waals surface area contributed by atoms with Gasteiger partial charge in [-0.2, -0.15) is 0 Å². The molecule has 3 atom stereocenters. The zero-order valence-corrected chi connectivity index (χ0v) is 12.9. The lowest BCUT2D eigenvalue weighted by Gasteiger charge is -2.27. The minimum atomic E-state index is -0.668. The number of nitrogens with zero attached hydrogens (tertiary/aromatic N) is 1. The average Bonchev–Trinajstić information content (AvgIpc) is 2.72. The number of carboxylic acid groups (broad SMARTS) is 1. The van der Waals surface area contributed by atoms with Gasteiger partial charge in [0.05, 0.1) is 5.92 Å². The minimum absolute atomic E-state index is 0.221. The van der Waals surface area contributed by atoms with Crippen LogP contribution in [0.25, 0.3) is 0 Å². The van der Waals surface area contributed by atoms with Crippen LogP contribution in [0.5, 0.6) is 0 Å². The van der Waals surface area contributed by atoms with Crippen LogP contribution in [0, 0.1) is 11.8 Å². The normalized spacial score (nSPS) is 25.4. The first-order valence-corrected chi connectivity index (χ1v) is 7.54. The molecule has 1 aliphatic heterocycles. The molecule has 0 amide bonds. The highest BCUT2D eigenvalue weighted by molar-refractivity contribution is 9.10. The van der Waals surface area contributed by atoms with E-state index >= 15 is 0 Å². The third-order valence-electron chi connectivity index (χ3n) is 4.02. The monoisotopic (exact) mass is 325 g/mol. The first-order valence-electron chi connectivity index (χ1n) is 6.75. The summed E-state index contributed by atoms with van der Waals surface area (Å²) in [6.45, 7) is 5.71. The fourth-order valence-electron chi connectivity index (χ4n) is 3.00. The number of rotatable bonds is 4. The molecule has 0 bridgehead atoms. The smallest absolute Gasteiger partial charge is 0.308 e. The topological polar surface area (TPSA) is 40.5 Å². The number of likely N-dealkylation sites (tertiary alicyclic amines) is 1. The molecule has 1 aromatic carbocycles. The minimum Gasteiger partial charge on any atom is -0.481 e. The molecule has 1 N–H and O–H groups in total. The Labute approximate surface area is 122 Å². The summed E-state index contributed by atoms with van der Waals surface area (Å²) in [7, 11) is 0. The molecule has 3 unspecified atom stereocenters. The van der Waals surface area contributed by atoms with Crippen molar-refractivity contribution in [2.24, 2.45) is 11.8 Å². The lowest BCUT2D eigenvalue weighted by atomic mass is 9.99. The SMILES string of the molecule is CCC(c1cccc(Br)c1)N1CC(C)C(C(=O)O)C1. The van der Waals surface area contributed by atoms with Crippen molar-refractivity contribution < 1.29 is 9.90 Å². The summed E-state index contributed by atoms with van der Waals surface area (Å²) in [4.78, 5) is 13.5. The summed E-state index contributed by atoms with van der Waals surface area (Å²) in [5.41, 5.74) is 1.26. The first-order chi connectivity index (χ1) is 9.02. The van der Waals surface area contributed by atoms with Gasteiger partial charge in [0.25, 0.3) is 0 Å². The highest BCUT2D eigenvalue weighted by atomic mass is 79.9. The Bertz CT molecular complexity index is 463. The molecule has 104 valence electrons. The Balaban J connectivity index is 2.18.